The second-order valence-electron chi connectivity index (χ2n) is 20.3. The molecule has 0 aliphatic carbocycles. The van der Waals surface area contributed by atoms with Crippen LogP contribution in [-0.2, 0) is 59.9 Å². The Labute approximate surface area is 487 Å². The van der Waals surface area contributed by atoms with Crippen LogP contribution in [0.25, 0.3) is 11.0 Å². The van der Waals surface area contributed by atoms with Crippen molar-refractivity contribution in [3.8, 4) is 0 Å². The molecule has 1 aliphatic rings. The normalized spacial score (nSPS) is 16.3. The third-order valence-electron chi connectivity index (χ3n) is 14.6. The molecule has 4 aromatic rings. The van der Waals surface area contributed by atoms with Crippen LogP contribution < -0.4 is 16.0 Å². The monoisotopic (exact) mass is 1240 g/mol. The number of alkyl halides is 2. The molecular weight excluding hydrogens is 1160 g/mol. The summed E-state index contributed by atoms with van der Waals surface area (Å²) in [6, 6.07) is 13.6. The van der Waals surface area contributed by atoms with Crippen LogP contribution in [0.2, 0.25) is 0 Å². The SMILES string of the molecule is CCC(C)C(C(CC(=O)N1CCCC1C(OC)C(C)C(=O)NC(Cc1ccccc1)c1nccs1)OC)N(C)C(=O)CNC(=O)C(C(C)C)N(C)CCOCCOCCOCCNC(=O)c1ccc2nc(CBr)c(CBr)nc2c1. The third-order valence-corrected chi connectivity index (χ3v) is 16.6. The molecule has 3 heterocycles. The fourth-order valence-corrected chi connectivity index (χ4v) is 11.8. The van der Waals surface area contributed by atoms with Gasteiger partial charge in [-0.15, -0.1) is 11.3 Å². The minimum atomic E-state index is -0.646. The predicted octanol–water partition coefficient (Wildman–Crippen LogP) is 6.75. The molecule has 1 fully saturated rings. The van der Waals surface area contributed by atoms with Crippen molar-refractivity contribution >= 4 is 83.8 Å². The van der Waals surface area contributed by atoms with Crippen LogP contribution in [0.3, 0.4) is 0 Å². The van der Waals surface area contributed by atoms with Gasteiger partial charge in [0.2, 0.25) is 23.6 Å². The minimum absolute atomic E-state index is 0.0146. The number of benzene rings is 2. The van der Waals surface area contributed by atoms with E-state index < -0.39 is 30.2 Å². The molecule has 5 amide bonds. The van der Waals surface area contributed by atoms with E-state index in [0.717, 1.165) is 33.9 Å². The highest BCUT2D eigenvalue weighted by Gasteiger charge is 2.42. The summed E-state index contributed by atoms with van der Waals surface area (Å²) < 4.78 is 29.2. The maximum absolute atomic E-state index is 14.4. The summed E-state index contributed by atoms with van der Waals surface area (Å²) >= 11 is 8.40. The lowest BCUT2D eigenvalue weighted by Crippen LogP contribution is -2.55. The number of hydrogen-bond acceptors (Lipinski definition) is 15. The smallest absolute Gasteiger partial charge is 0.251 e. The molecular formula is C57H83Br2N9O10S. The Morgan fingerprint density at radius 3 is 2.13 bits per heavy atom. The zero-order chi connectivity index (χ0) is 57.4. The Morgan fingerprint density at radius 1 is 0.835 bits per heavy atom. The molecule has 0 radical (unpaired) electrons. The first-order chi connectivity index (χ1) is 38.1. The van der Waals surface area contributed by atoms with Crippen molar-refractivity contribution in [3.63, 3.8) is 0 Å². The number of likely N-dealkylation sites (tertiary alicyclic amines) is 1. The number of carbonyl (C=O) groups is 5. The summed E-state index contributed by atoms with van der Waals surface area (Å²) in [5.41, 5.74) is 4.63. The third kappa shape index (κ3) is 19.3. The van der Waals surface area contributed by atoms with Gasteiger partial charge in [-0.25, -0.2) is 15.0 Å². The van der Waals surface area contributed by atoms with E-state index in [1.54, 1.807) is 50.6 Å². The van der Waals surface area contributed by atoms with Gasteiger partial charge in [-0.05, 0) is 61.9 Å². The van der Waals surface area contributed by atoms with E-state index in [-0.39, 0.29) is 66.4 Å². The van der Waals surface area contributed by atoms with E-state index in [9.17, 15) is 24.0 Å². The number of aromatic nitrogens is 3. The second kappa shape index (κ2) is 34.0. The van der Waals surface area contributed by atoms with Crippen LogP contribution in [0.5, 0.6) is 0 Å². The van der Waals surface area contributed by atoms with Gasteiger partial charge in [0.15, 0.2) is 0 Å². The predicted molar refractivity (Wildman–Crippen MR) is 313 cm³/mol. The molecule has 0 bridgehead atoms. The number of hydrogen-bond donors (Lipinski definition) is 3. The molecule has 1 aliphatic heterocycles. The standard InChI is InChI=1S/C57H83Br2N9O10S/c1-10-38(4)52(48(74-8)33-49(69)68-22-14-17-47(68)53(75-9)39(5)54(71)65-44(57-61-21-30-79-57)31-40-15-12-11-13-16-40)67(7)50(70)36-62-56(73)51(37(2)3)66(6)23-25-77-27-29-78-28-26-76-24-20-60-55(72)41-18-19-42-43(32-41)64-46(35-59)45(34-58)63-42/h11-13,15-16,18-19,21,30,32,37-39,44,47-48,51-53H,10,14,17,20,22-29,31,33-36H2,1-9H3,(H,60,72)(H,62,73)(H,65,71). The van der Waals surface area contributed by atoms with Gasteiger partial charge in [0.1, 0.15) is 5.01 Å². The number of ether oxygens (including phenoxy) is 5. The average Bonchev–Trinajstić information content (AvgIpc) is 4.23. The van der Waals surface area contributed by atoms with Crippen molar-refractivity contribution in [3.05, 3.63) is 87.6 Å². The van der Waals surface area contributed by atoms with E-state index in [1.807, 2.05) is 87.2 Å². The van der Waals surface area contributed by atoms with Crippen molar-refractivity contribution in [1.29, 1.82) is 0 Å². The van der Waals surface area contributed by atoms with Gasteiger partial charge < -0.3 is 49.4 Å². The minimum Gasteiger partial charge on any atom is -0.379 e. The second-order valence-corrected chi connectivity index (χ2v) is 22.4. The van der Waals surface area contributed by atoms with Crippen molar-refractivity contribution in [2.45, 2.75) is 114 Å². The molecule has 5 rings (SSSR count). The summed E-state index contributed by atoms with van der Waals surface area (Å²) in [6.45, 7) is 13.0. The summed E-state index contributed by atoms with van der Waals surface area (Å²) in [7, 11) is 6.70. The largest absolute Gasteiger partial charge is 0.379 e. The Balaban J connectivity index is 1.02. The first-order valence-corrected chi connectivity index (χ1v) is 30.4. The molecule has 8 unspecified atom stereocenters. The zero-order valence-corrected chi connectivity index (χ0v) is 51.4. The summed E-state index contributed by atoms with van der Waals surface area (Å²) in [4.78, 5) is 87.9. The molecule has 2 aromatic heterocycles. The van der Waals surface area contributed by atoms with E-state index in [0.29, 0.717) is 100 Å². The lowest BCUT2D eigenvalue weighted by atomic mass is 9.90. The van der Waals surface area contributed by atoms with Gasteiger partial charge in [0, 0.05) is 68.7 Å². The number of methoxy groups -OCH3 is 2. The fraction of sp³-hybridized carbons (Fsp3) is 0.614. The van der Waals surface area contributed by atoms with Gasteiger partial charge in [0.25, 0.3) is 5.91 Å². The Kier molecular flexibility index (Phi) is 28.1. The maximum atomic E-state index is 14.4. The number of fused-ring (bicyclic) bond motifs is 1. The number of likely N-dealkylation sites (N-methyl/N-ethyl adjacent to an activating group) is 2. The van der Waals surface area contributed by atoms with Crippen molar-refractivity contribution in [2.24, 2.45) is 17.8 Å². The van der Waals surface area contributed by atoms with Crippen LogP contribution >= 0.6 is 43.2 Å². The van der Waals surface area contributed by atoms with Crippen LogP contribution in [0, 0.1) is 17.8 Å². The van der Waals surface area contributed by atoms with Crippen LogP contribution in [-0.4, -0.2) is 184 Å². The molecule has 8 atom stereocenters. The van der Waals surface area contributed by atoms with E-state index in [4.69, 9.17) is 23.7 Å². The summed E-state index contributed by atoms with van der Waals surface area (Å²) in [6.07, 6.45) is 3.27. The lowest BCUT2D eigenvalue weighted by molar-refractivity contribution is -0.146. The lowest BCUT2D eigenvalue weighted by Gasteiger charge is -2.39. The number of nitrogens with zero attached hydrogens (tertiary/aromatic N) is 6. The van der Waals surface area contributed by atoms with Gasteiger partial charge in [-0.3, -0.25) is 28.9 Å². The van der Waals surface area contributed by atoms with E-state index >= 15 is 0 Å². The topological polar surface area (TPSA) is 216 Å². The number of amides is 5. The first kappa shape index (κ1) is 65.3. The highest BCUT2D eigenvalue weighted by Crippen LogP contribution is 2.30. The first-order valence-electron chi connectivity index (χ1n) is 27.3. The molecule has 2 aromatic carbocycles. The van der Waals surface area contributed by atoms with Crippen molar-refractivity contribution < 1.29 is 47.7 Å². The van der Waals surface area contributed by atoms with Gasteiger partial charge in [-0.1, -0.05) is 103 Å². The maximum Gasteiger partial charge on any atom is 0.251 e. The Bertz CT molecular complexity index is 2520. The molecule has 0 saturated carbocycles. The Morgan fingerprint density at radius 2 is 1.51 bits per heavy atom. The van der Waals surface area contributed by atoms with E-state index in [1.165, 1.54) is 11.3 Å². The number of nitrogens with one attached hydrogen (secondary N) is 3. The quantitative estimate of drug-likeness (QED) is 0.0321. The molecule has 1 saturated heterocycles. The van der Waals surface area contributed by atoms with Gasteiger partial charge in [-0.2, -0.15) is 0 Å². The van der Waals surface area contributed by atoms with Gasteiger partial charge in [0.05, 0.1) is 117 Å². The molecule has 22 heteroatoms. The number of thiazole rings is 1. The molecule has 3 N–H and O–H groups in total. The summed E-state index contributed by atoms with van der Waals surface area (Å²) in [5, 5.41) is 12.9. The van der Waals surface area contributed by atoms with E-state index in [2.05, 4.69) is 62.8 Å². The van der Waals surface area contributed by atoms with Crippen molar-refractivity contribution in [2.75, 3.05) is 94.1 Å². The number of carbonyl (C=O) groups excluding carboxylic acids is 5. The summed E-state index contributed by atoms with van der Waals surface area (Å²) in [5.74, 6) is -1.81. The average molecular weight is 1250 g/mol. The Hall–Kier alpha value is -4.52. The molecule has 19 nitrogen and oxygen atoms in total. The highest BCUT2D eigenvalue weighted by atomic mass is 79.9. The number of rotatable bonds is 35. The van der Waals surface area contributed by atoms with Crippen LogP contribution in [0.15, 0.2) is 60.1 Å². The van der Waals surface area contributed by atoms with Crippen LogP contribution in [0.4, 0.5) is 0 Å². The fourth-order valence-electron chi connectivity index (χ4n) is 10.2. The molecule has 79 heavy (non-hydrogen) atoms. The van der Waals surface area contributed by atoms with Crippen LogP contribution in [0.1, 0.15) is 98.7 Å². The molecule has 436 valence electrons. The zero-order valence-electron chi connectivity index (χ0n) is 47.4. The number of halogens is 2. The molecule has 0 spiro atoms. The van der Waals surface area contributed by atoms with Crippen molar-refractivity contribution in [1.82, 2.24) is 45.6 Å². The highest BCUT2D eigenvalue weighted by molar-refractivity contribution is 9.09. The van der Waals surface area contributed by atoms with Gasteiger partial charge >= 0.3 is 0 Å².